The second-order valence-electron chi connectivity index (χ2n) is 7.43. The van der Waals surface area contributed by atoms with Crippen LogP contribution in [-0.2, 0) is 0 Å². The molecule has 5 aromatic rings. The summed E-state index contributed by atoms with van der Waals surface area (Å²) >= 11 is 0. The number of nitrogens with one attached hydrogen (secondary N) is 1. The molecule has 0 radical (unpaired) electrons. The van der Waals surface area contributed by atoms with Crippen molar-refractivity contribution in [3.05, 3.63) is 91.3 Å². The maximum absolute atomic E-state index is 11.6. The van der Waals surface area contributed by atoms with Crippen LogP contribution < -0.4 is 11.1 Å². The molecule has 3 heterocycles. The Hall–Kier alpha value is -4.39. The Morgan fingerprint density at radius 3 is 2.78 bits per heavy atom. The third-order valence-electron chi connectivity index (χ3n) is 5.44. The van der Waals surface area contributed by atoms with Crippen molar-refractivity contribution < 1.29 is 4.79 Å². The highest BCUT2D eigenvalue weighted by molar-refractivity contribution is 5.95. The highest BCUT2D eigenvalue weighted by atomic mass is 16.1. The van der Waals surface area contributed by atoms with Gasteiger partial charge in [-0.15, -0.1) is 0 Å². The largest absolute Gasteiger partial charge is 0.384 e. The minimum absolute atomic E-state index is 0.445. The lowest BCUT2D eigenvalue weighted by Gasteiger charge is -2.14. The van der Waals surface area contributed by atoms with Gasteiger partial charge in [0, 0.05) is 47.8 Å². The lowest BCUT2D eigenvalue weighted by atomic mass is 10.1. The van der Waals surface area contributed by atoms with E-state index in [0.717, 1.165) is 45.8 Å². The fourth-order valence-electron chi connectivity index (χ4n) is 3.94. The van der Waals surface area contributed by atoms with Crippen molar-refractivity contribution >= 4 is 22.5 Å². The van der Waals surface area contributed by atoms with Crippen molar-refractivity contribution in [3.63, 3.8) is 0 Å². The average molecular weight is 422 g/mol. The third-order valence-corrected chi connectivity index (χ3v) is 5.44. The van der Waals surface area contributed by atoms with E-state index in [1.54, 1.807) is 18.3 Å². The van der Waals surface area contributed by atoms with Crippen LogP contribution in [-0.4, -0.2) is 31.6 Å². The van der Waals surface area contributed by atoms with Crippen LogP contribution in [0.3, 0.4) is 0 Å². The van der Waals surface area contributed by atoms with Crippen LogP contribution in [0.15, 0.2) is 85.7 Å². The Morgan fingerprint density at radius 1 is 1.09 bits per heavy atom. The van der Waals surface area contributed by atoms with E-state index in [1.807, 2.05) is 60.7 Å². The minimum Gasteiger partial charge on any atom is -0.384 e. The molecular weight excluding hydrogens is 400 g/mol. The van der Waals surface area contributed by atoms with Crippen molar-refractivity contribution in [2.24, 2.45) is 5.73 Å². The first-order chi connectivity index (χ1) is 15.7. The van der Waals surface area contributed by atoms with Gasteiger partial charge >= 0.3 is 0 Å². The standard InChI is InChI=1S/C25H22N6O/c1-2-28-20-13-17(25(26)32)8-9-24(20)31-12-10-19-22(6-3-7-23(19)31)30-15-21(29-16-30)18-5-4-11-27-14-18/h3-16,28H,2H2,1H3,(H2,26,32). The summed E-state index contributed by atoms with van der Waals surface area (Å²) in [6.45, 7) is 2.75. The van der Waals surface area contributed by atoms with Gasteiger partial charge in [-0.1, -0.05) is 6.07 Å². The van der Waals surface area contributed by atoms with Crippen LogP contribution in [0.2, 0.25) is 0 Å². The van der Waals surface area contributed by atoms with E-state index in [4.69, 9.17) is 5.73 Å². The molecule has 0 aliphatic carbocycles. The van der Waals surface area contributed by atoms with Gasteiger partial charge in [-0.2, -0.15) is 0 Å². The number of fused-ring (bicyclic) bond motifs is 1. The summed E-state index contributed by atoms with van der Waals surface area (Å²) < 4.78 is 4.14. The van der Waals surface area contributed by atoms with Gasteiger partial charge in [0.1, 0.15) is 0 Å². The molecule has 7 heteroatoms. The molecule has 0 aliphatic heterocycles. The number of rotatable bonds is 6. The first kappa shape index (κ1) is 19.6. The van der Waals surface area contributed by atoms with Crippen molar-refractivity contribution in [2.45, 2.75) is 6.92 Å². The molecule has 0 unspecified atom stereocenters. The number of anilines is 1. The minimum atomic E-state index is -0.445. The second-order valence-corrected chi connectivity index (χ2v) is 7.43. The van der Waals surface area contributed by atoms with Crippen LogP contribution >= 0.6 is 0 Å². The monoisotopic (exact) mass is 422 g/mol. The van der Waals surface area contributed by atoms with Gasteiger partial charge < -0.3 is 20.2 Å². The second kappa shape index (κ2) is 8.03. The van der Waals surface area contributed by atoms with Crippen LogP contribution in [0.1, 0.15) is 17.3 Å². The number of imidazole rings is 1. The SMILES string of the molecule is CCNc1cc(C(N)=O)ccc1-n1ccc2c(-n3cnc(-c4cccnc4)c3)cccc21. The van der Waals surface area contributed by atoms with Crippen LogP contribution in [0.25, 0.3) is 33.5 Å². The number of amides is 1. The lowest BCUT2D eigenvalue weighted by molar-refractivity contribution is 0.100. The molecule has 0 aliphatic rings. The molecule has 0 saturated heterocycles. The molecule has 7 nitrogen and oxygen atoms in total. The summed E-state index contributed by atoms with van der Waals surface area (Å²) in [6.07, 6.45) is 9.42. The predicted molar refractivity (Wildman–Crippen MR) is 126 cm³/mol. The van der Waals surface area contributed by atoms with Crippen molar-refractivity contribution in [1.82, 2.24) is 19.1 Å². The van der Waals surface area contributed by atoms with E-state index < -0.39 is 5.91 Å². The molecule has 5 rings (SSSR count). The average Bonchev–Trinajstić information content (AvgIpc) is 3.47. The van der Waals surface area contributed by atoms with E-state index in [2.05, 4.69) is 38.1 Å². The molecular formula is C25H22N6O. The summed E-state index contributed by atoms with van der Waals surface area (Å²) in [5, 5.41) is 4.43. The quantitative estimate of drug-likeness (QED) is 0.424. The number of primary amides is 1. The van der Waals surface area contributed by atoms with Crippen molar-refractivity contribution in [1.29, 1.82) is 0 Å². The van der Waals surface area contributed by atoms with Gasteiger partial charge in [-0.3, -0.25) is 9.78 Å². The fraction of sp³-hybridized carbons (Fsp3) is 0.0800. The van der Waals surface area contributed by atoms with Gasteiger partial charge in [-0.25, -0.2) is 4.98 Å². The fourth-order valence-corrected chi connectivity index (χ4v) is 3.94. The van der Waals surface area contributed by atoms with E-state index in [0.29, 0.717) is 5.56 Å². The molecule has 1 amide bonds. The van der Waals surface area contributed by atoms with Gasteiger partial charge in [0.15, 0.2) is 0 Å². The number of hydrogen-bond donors (Lipinski definition) is 2. The molecule has 0 atom stereocenters. The zero-order valence-electron chi connectivity index (χ0n) is 17.6. The smallest absolute Gasteiger partial charge is 0.248 e. The normalized spacial score (nSPS) is 11.0. The zero-order valence-corrected chi connectivity index (χ0v) is 17.6. The number of nitrogens with two attached hydrogens (primary N) is 1. The maximum atomic E-state index is 11.6. The lowest BCUT2D eigenvalue weighted by Crippen LogP contribution is -2.12. The predicted octanol–water partition coefficient (Wildman–Crippen LogP) is 4.41. The molecule has 0 bridgehead atoms. The first-order valence-electron chi connectivity index (χ1n) is 10.4. The number of pyridine rings is 1. The Bertz CT molecular complexity index is 1420. The zero-order chi connectivity index (χ0) is 22.1. The third kappa shape index (κ3) is 3.39. The Morgan fingerprint density at radius 2 is 2.00 bits per heavy atom. The molecule has 3 N–H and O–H groups in total. The van der Waals surface area contributed by atoms with Crippen molar-refractivity contribution in [3.8, 4) is 22.6 Å². The number of aromatic nitrogens is 4. The molecule has 158 valence electrons. The molecule has 0 saturated carbocycles. The molecule has 0 fully saturated rings. The number of nitrogens with zero attached hydrogens (tertiary/aromatic N) is 4. The van der Waals surface area contributed by atoms with Crippen LogP contribution in [0.4, 0.5) is 5.69 Å². The number of hydrogen-bond acceptors (Lipinski definition) is 4. The first-order valence-corrected chi connectivity index (χ1v) is 10.4. The Kier molecular flexibility index (Phi) is 4.91. The van der Waals surface area contributed by atoms with Crippen LogP contribution in [0, 0.1) is 0 Å². The molecule has 0 spiro atoms. The van der Waals surface area contributed by atoms with E-state index in [9.17, 15) is 4.79 Å². The summed E-state index contributed by atoms with van der Waals surface area (Å²) in [7, 11) is 0. The Labute approximate surface area is 185 Å². The van der Waals surface area contributed by atoms with Crippen LogP contribution in [0.5, 0.6) is 0 Å². The maximum Gasteiger partial charge on any atom is 0.248 e. The van der Waals surface area contributed by atoms with Gasteiger partial charge in [-0.05, 0) is 55.5 Å². The van der Waals surface area contributed by atoms with E-state index in [1.165, 1.54) is 0 Å². The Balaban J connectivity index is 1.61. The van der Waals surface area contributed by atoms with E-state index in [-0.39, 0.29) is 0 Å². The van der Waals surface area contributed by atoms with Gasteiger partial charge in [0.05, 0.1) is 34.6 Å². The number of carbonyl (C=O) groups is 1. The van der Waals surface area contributed by atoms with Crippen molar-refractivity contribution in [2.75, 3.05) is 11.9 Å². The summed E-state index contributed by atoms with van der Waals surface area (Å²) in [5.74, 6) is -0.445. The number of benzene rings is 2. The summed E-state index contributed by atoms with van der Waals surface area (Å²) in [5.41, 5.74) is 11.7. The van der Waals surface area contributed by atoms with E-state index >= 15 is 0 Å². The molecule has 3 aromatic heterocycles. The summed E-state index contributed by atoms with van der Waals surface area (Å²) in [6, 6.07) is 17.6. The van der Waals surface area contributed by atoms with Gasteiger partial charge in [0.25, 0.3) is 0 Å². The molecule has 2 aromatic carbocycles. The highest BCUT2D eigenvalue weighted by Gasteiger charge is 2.13. The topological polar surface area (TPSA) is 90.8 Å². The summed E-state index contributed by atoms with van der Waals surface area (Å²) in [4.78, 5) is 20.4. The molecule has 32 heavy (non-hydrogen) atoms. The van der Waals surface area contributed by atoms with Gasteiger partial charge in [0.2, 0.25) is 5.91 Å². The number of carbonyl (C=O) groups excluding carboxylic acids is 1. The highest BCUT2D eigenvalue weighted by Crippen LogP contribution is 2.30.